The van der Waals surface area contributed by atoms with Crippen molar-refractivity contribution >= 4 is 7.85 Å². The highest BCUT2D eigenvalue weighted by Gasteiger charge is 1.97. The first-order valence-corrected chi connectivity index (χ1v) is 3.16. The predicted octanol–water partition coefficient (Wildman–Crippen LogP) is 1.37. The van der Waals surface area contributed by atoms with E-state index in [-0.39, 0.29) is 6.32 Å². The van der Waals surface area contributed by atoms with Crippen LogP contribution in [0.1, 0.15) is 11.1 Å². The first-order valence-electron chi connectivity index (χ1n) is 3.16. The van der Waals surface area contributed by atoms with Crippen LogP contribution < -0.4 is 0 Å². The average Bonchev–Trinajstić information content (AvgIpc) is 2.03. The highest BCUT2D eigenvalue weighted by Crippen LogP contribution is 2.07. The van der Waals surface area contributed by atoms with Gasteiger partial charge in [0.25, 0.3) is 0 Å². The van der Waals surface area contributed by atoms with Gasteiger partial charge in [0.05, 0.1) is 19.5 Å². The first-order chi connectivity index (χ1) is 5.26. The van der Waals surface area contributed by atoms with Crippen LogP contribution in [0.5, 0.6) is 0 Å². The molecule has 1 aromatic rings. The fourth-order valence-electron chi connectivity index (χ4n) is 0.833. The predicted molar refractivity (Wildman–Crippen MR) is 40.6 cm³/mol. The summed E-state index contributed by atoms with van der Waals surface area (Å²) in [7, 11) is 5.27. The second-order valence-electron chi connectivity index (χ2n) is 2.16. The second kappa shape index (κ2) is 3.20. The normalized spacial score (nSPS) is 9.09. The molecule has 0 saturated heterocycles. The number of halogens is 1. The van der Waals surface area contributed by atoms with Gasteiger partial charge in [-0.05, 0) is 18.2 Å². The summed E-state index contributed by atoms with van der Waals surface area (Å²) in [4.78, 5) is 0. The van der Waals surface area contributed by atoms with Crippen LogP contribution in [0.25, 0.3) is 0 Å². The molecule has 0 bridgehead atoms. The van der Waals surface area contributed by atoms with E-state index in [9.17, 15) is 4.39 Å². The maximum absolute atomic E-state index is 12.6. The number of benzene rings is 1. The van der Waals surface area contributed by atoms with Gasteiger partial charge in [-0.3, -0.25) is 0 Å². The minimum atomic E-state index is -0.412. The minimum Gasteiger partial charge on any atom is -0.207 e. The largest absolute Gasteiger partial charge is 0.207 e. The Morgan fingerprint density at radius 1 is 1.45 bits per heavy atom. The van der Waals surface area contributed by atoms with E-state index in [1.54, 1.807) is 6.07 Å². The van der Waals surface area contributed by atoms with Crippen molar-refractivity contribution in [3.8, 4) is 6.07 Å². The van der Waals surface area contributed by atoms with Crippen LogP contribution in [-0.2, 0) is 6.32 Å². The summed E-state index contributed by atoms with van der Waals surface area (Å²) in [5.74, 6) is -0.412. The van der Waals surface area contributed by atoms with Gasteiger partial charge in [-0.1, -0.05) is 11.9 Å². The lowest BCUT2D eigenvalue weighted by molar-refractivity contribution is 0.626. The van der Waals surface area contributed by atoms with Crippen molar-refractivity contribution in [2.75, 3.05) is 0 Å². The van der Waals surface area contributed by atoms with Crippen LogP contribution in [0.4, 0.5) is 4.39 Å². The molecule has 1 rings (SSSR count). The van der Waals surface area contributed by atoms with Gasteiger partial charge in [0.2, 0.25) is 0 Å². The molecule has 0 N–H and O–H groups in total. The molecule has 0 amide bonds. The molecule has 3 heteroatoms. The Labute approximate surface area is 65.9 Å². The molecule has 0 saturated carbocycles. The van der Waals surface area contributed by atoms with E-state index in [1.807, 2.05) is 6.07 Å². The summed E-state index contributed by atoms with van der Waals surface area (Å²) in [6.45, 7) is 0. The molecule has 0 unspecified atom stereocenters. The van der Waals surface area contributed by atoms with E-state index in [0.717, 1.165) is 0 Å². The van der Waals surface area contributed by atoms with Gasteiger partial charge in [-0.2, -0.15) is 5.26 Å². The molecule has 0 aromatic heterocycles. The van der Waals surface area contributed by atoms with Crippen molar-refractivity contribution in [3.63, 3.8) is 0 Å². The highest BCUT2D eigenvalue weighted by atomic mass is 19.1. The Bertz CT molecular complexity index is 303. The lowest BCUT2D eigenvalue weighted by atomic mass is 9.96. The average molecular weight is 145 g/mol. The summed E-state index contributed by atoms with van der Waals surface area (Å²) in [6, 6.07) is 5.92. The number of nitriles is 1. The molecule has 0 aliphatic carbocycles. The lowest BCUT2D eigenvalue weighted by Gasteiger charge is -1.96. The molecular formula is C8H5BFN. The fourth-order valence-corrected chi connectivity index (χ4v) is 0.833. The molecule has 2 radical (unpaired) electrons. The molecule has 1 nitrogen and oxygen atoms in total. The maximum atomic E-state index is 12.6. The van der Waals surface area contributed by atoms with Crippen molar-refractivity contribution in [1.29, 1.82) is 5.26 Å². The zero-order valence-corrected chi connectivity index (χ0v) is 5.84. The summed E-state index contributed by atoms with van der Waals surface area (Å²) in [5, 5.41) is 8.42. The molecule has 0 aliphatic heterocycles. The molecule has 0 atom stereocenters. The Balaban J connectivity index is 3.15. The Hall–Kier alpha value is -1.30. The Morgan fingerprint density at radius 3 is 2.73 bits per heavy atom. The molecular weight excluding hydrogens is 140 g/mol. The van der Waals surface area contributed by atoms with Gasteiger partial charge >= 0.3 is 0 Å². The van der Waals surface area contributed by atoms with Crippen LogP contribution in [0.15, 0.2) is 18.2 Å². The highest BCUT2D eigenvalue weighted by molar-refractivity contribution is 6.08. The van der Waals surface area contributed by atoms with Gasteiger partial charge in [0.15, 0.2) is 0 Å². The maximum Gasteiger partial charge on any atom is 0.124 e. The summed E-state index contributed by atoms with van der Waals surface area (Å²) in [5.41, 5.74) is 0.951. The van der Waals surface area contributed by atoms with Gasteiger partial charge in [0, 0.05) is 0 Å². The second-order valence-corrected chi connectivity index (χ2v) is 2.16. The lowest BCUT2D eigenvalue weighted by Crippen LogP contribution is -1.87. The molecule has 0 heterocycles. The van der Waals surface area contributed by atoms with E-state index in [4.69, 9.17) is 13.1 Å². The van der Waals surface area contributed by atoms with E-state index < -0.39 is 5.82 Å². The van der Waals surface area contributed by atoms with Crippen LogP contribution in [-0.4, -0.2) is 7.85 Å². The molecule has 1 aromatic carbocycles. The molecule has 0 aliphatic rings. The minimum absolute atomic E-state index is 0.256. The van der Waals surface area contributed by atoms with Crippen molar-refractivity contribution < 1.29 is 4.39 Å². The molecule has 11 heavy (non-hydrogen) atoms. The third-order valence-electron chi connectivity index (χ3n) is 1.32. The van der Waals surface area contributed by atoms with Crippen molar-refractivity contribution in [2.24, 2.45) is 0 Å². The quantitative estimate of drug-likeness (QED) is 0.547. The summed E-state index contributed by atoms with van der Waals surface area (Å²) >= 11 is 0. The fraction of sp³-hybridized carbons (Fsp3) is 0.125. The Morgan fingerprint density at radius 2 is 2.18 bits per heavy atom. The zero-order valence-electron chi connectivity index (χ0n) is 5.84. The van der Waals surface area contributed by atoms with Crippen LogP contribution in [0.3, 0.4) is 0 Å². The Kier molecular flexibility index (Phi) is 2.27. The van der Waals surface area contributed by atoms with E-state index >= 15 is 0 Å². The topological polar surface area (TPSA) is 23.8 Å². The van der Waals surface area contributed by atoms with E-state index in [1.165, 1.54) is 12.1 Å². The number of rotatable bonds is 1. The van der Waals surface area contributed by atoms with Crippen molar-refractivity contribution in [3.05, 3.63) is 35.1 Å². The monoisotopic (exact) mass is 145 g/mol. The van der Waals surface area contributed by atoms with Gasteiger partial charge in [0.1, 0.15) is 5.82 Å². The van der Waals surface area contributed by atoms with Crippen LogP contribution in [0, 0.1) is 17.1 Å². The molecule has 0 fully saturated rings. The van der Waals surface area contributed by atoms with Gasteiger partial charge in [-0.15, -0.1) is 0 Å². The molecule has 0 spiro atoms. The first kappa shape index (κ1) is 7.81. The van der Waals surface area contributed by atoms with Crippen molar-refractivity contribution in [2.45, 2.75) is 6.32 Å². The van der Waals surface area contributed by atoms with Gasteiger partial charge < -0.3 is 0 Å². The van der Waals surface area contributed by atoms with Crippen molar-refractivity contribution in [1.82, 2.24) is 0 Å². The summed E-state index contributed by atoms with van der Waals surface area (Å²) < 4.78 is 12.6. The van der Waals surface area contributed by atoms with Crippen LogP contribution in [0.2, 0.25) is 0 Å². The van der Waals surface area contributed by atoms with Gasteiger partial charge in [-0.25, -0.2) is 4.39 Å². The third-order valence-corrected chi connectivity index (χ3v) is 1.32. The zero-order chi connectivity index (χ0) is 8.27. The number of hydrogen-bond acceptors (Lipinski definition) is 1. The van der Waals surface area contributed by atoms with E-state index in [2.05, 4.69) is 0 Å². The standard InChI is InChI=1S/C8H5BFN/c9-4-6-1-7(5-11)3-8(10)2-6/h1-3H,4H2. The number of nitrogens with zero attached hydrogens (tertiary/aromatic N) is 1. The molecule has 52 valence electrons. The van der Waals surface area contributed by atoms with E-state index in [0.29, 0.717) is 11.1 Å². The van der Waals surface area contributed by atoms with Crippen LogP contribution >= 0.6 is 0 Å². The SMILES string of the molecule is [B]Cc1cc(F)cc(C#N)c1. The smallest absolute Gasteiger partial charge is 0.124 e. The number of hydrogen-bond donors (Lipinski definition) is 0. The third kappa shape index (κ3) is 1.81. The summed E-state index contributed by atoms with van der Waals surface area (Å²) in [6.07, 6.45) is 0.256.